The van der Waals surface area contributed by atoms with Crippen LogP contribution in [0, 0.1) is 5.92 Å². The van der Waals surface area contributed by atoms with Gasteiger partial charge in [0.1, 0.15) is 12.2 Å². The molecule has 0 saturated carbocycles. The van der Waals surface area contributed by atoms with Crippen LogP contribution in [-0.2, 0) is 4.79 Å². The molecule has 0 aliphatic carbocycles. The molecule has 14 heavy (non-hydrogen) atoms. The van der Waals surface area contributed by atoms with Gasteiger partial charge in [0, 0.05) is 6.54 Å². The summed E-state index contributed by atoms with van der Waals surface area (Å²) in [5, 5.41) is 2.68. The smallest absolute Gasteiger partial charge is 0.230 e. The Kier molecular flexibility index (Phi) is 2.35. The summed E-state index contributed by atoms with van der Waals surface area (Å²) in [6.07, 6.45) is 4.31. The number of furan rings is 1. The molecule has 2 heterocycles. The Bertz CT molecular complexity index is 342. The van der Waals surface area contributed by atoms with Crippen LogP contribution in [0.2, 0.25) is 0 Å². The van der Waals surface area contributed by atoms with Gasteiger partial charge in [-0.25, -0.2) is 0 Å². The number of carbonyl (C=O) groups is 2. The molecule has 1 amide bonds. The highest BCUT2D eigenvalue weighted by atomic mass is 16.3. The average molecular weight is 193 g/mol. The van der Waals surface area contributed by atoms with E-state index < -0.39 is 5.92 Å². The molecule has 1 fully saturated rings. The quantitative estimate of drug-likeness (QED) is 0.562. The zero-order valence-corrected chi connectivity index (χ0v) is 7.66. The molecule has 74 valence electrons. The Morgan fingerprint density at radius 1 is 1.57 bits per heavy atom. The fraction of sp³-hybridized carbons (Fsp3) is 0.400. The number of hydrogen-bond acceptors (Lipinski definition) is 3. The Labute approximate surface area is 81.3 Å². The first-order valence-electron chi connectivity index (χ1n) is 4.63. The van der Waals surface area contributed by atoms with Crippen molar-refractivity contribution in [3.8, 4) is 0 Å². The number of piperidine rings is 1. The van der Waals surface area contributed by atoms with Crippen LogP contribution in [0.15, 0.2) is 23.0 Å². The number of nitrogens with one attached hydrogen (secondary N) is 1. The second kappa shape index (κ2) is 3.65. The van der Waals surface area contributed by atoms with E-state index in [0.29, 0.717) is 18.5 Å². The molecule has 1 aliphatic heterocycles. The van der Waals surface area contributed by atoms with Crippen molar-refractivity contribution in [1.29, 1.82) is 0 Å². The SMILES string of the molecule is O=C1NCCCC1C(=O)c1ccoc1. The largest absolute Gasteiger partial charge is 0.472 e. The number of rotatable bonds is 2. The second-order valence-corrected chi connectivity index (χ2v) is 3.36. The summed E-state index contributed by atoms with van der Waals surface area (Å²) >= 11 is 0. The molecule has 4 heteroatoms. The standard InChI is InChI=1S/C10H11NO3/c12-9(7-3-5-14-6-7)8-2-1-4-11-10(8)13/h3,5-6,8H,1-2,4H2,(H,11,13). The number of hydrogen-bond donors (Lipinski definition) is 1. The zero-order valence-electron chi connectivity index (χ0n) is 7.66. The number of Topliss-reactive ketones (excluding diaryl/α,β-unsaturated/α-hetero) is 1. The number of amides is 1. The Balaban J connectivity index is 2.14. The fourth-order valence-corrected chi connectivity index (χ4v) is 1.63. The minimum Gasteiger partial charge on any atom is -0.472 e. The first-order valence-corrected chi connectivity index (χ1v) is 4.63. The maximum atomic E-state index is 11.8. The molecule has 1 aromatic rings. The molecule has 1 N–H and O–H groups in total. The lowest BCUT2D eigenvalue weighted by molar-refractivity contribution is -0.124. The Morgan fingerprint density at radius 2 is 2.43 bits per heavy atom. The van der Waals surface area contributed by atoms with Crippen molar-refractivity contribution < 1.29 is 14.0 Å². The third-order valence-corrected chi connectivity index (χ3v) is 2.41. The molecule has 0 aromatic carbocycles. The lowest BCUT2D eigenvalue weighted by Crippen LogP contribution is -2.40. The normalized spacial score (nSPS) is 21.7. The van der Waals surface area contributed by atoms with Crippen molar-refractivity contribution in [3.05, 3.63) is 24.2 Å². The van der Waals surface area contributed by atoms with Gasteiger partial charge in [0.25, 0.3) is 0 Å². The molecule has 1 saturated heterocycles. The maximum Gasteiger partial charge on any atom is 0.230 e. The monoisotopic (exact) mass is 193 g/mol. The predicted molar refractivity (Wildman–Crippen MR) is 48.8 cm³/mol. The molecular weight excluding hydrogens is 182 g/mol. The molecule has 0 spiro atoms. The average Bonchev–Trinajstić information content (AvgIpc) is 2.70. The van der Waals surface area contributed by atoms with Gasteiger partial charge in [-0.05, 0) is 18.9 Å². The van der Waals surface area contributed by atoms with Gasteiger partial charge in [0.15, 0.2) is 5.78 Å². The molecule has 0 radical (unpaired) electrons. The van der Waals surface area contributed by atoms with E-state index in [1.807, 2.05) is 0 Å². The molecule has 4 nitrogen and oxygen atoms in total. The van der Waals surface area contributed by atoms with Crippen molar-refractivity contribution in [2.45, 2.75) is 12.8 Å². The number of carbonyl (C=O) groups excluding carboxylic acids is 2. The van der Waals surface area contributed by atoms with Crippen molar-refractivity contribution in [2.75, 3.05) is 6.54 Å². The third-order valence-electron chi connectivity index (χ3n) is 2.41. The van der Waals surface area contributed by atoms with Crippen LogP contribution >= 0.6 is 0 Å². The van der Waals surface area contributed by atoms with Crippen LogP contribution in [0.4, 0.5) is 0 Å². The van der Waals surface area contributed by atoms with E-state index in [0.717, 1.165) is 6.42 Å². The van der Waals surface area contributed by atoms with Crippen LogP contribution in [-0.4, -0.2) is 18.2 Å². The summed E-state index contributed by atoms with van der Waals surface area (Å²) < 4.78 is 4.81. The summed E-state index contributed by atoms with van der Waals surface area (Å²) in [4.78, 5) is 23.1. The van der Waals surface area contributed by atoms with Gasteiger partial charge in [-0.1, -0.05) is 0 Å². The lowest BCUT2D eigenvalue weighted by atomic mass is 9.91. The third kappa shape index (κ3) is 1.55. The summed E-state index contributed by atoms with van der Waals surface area (Å²) in [6, 6.07) is 1.59. The molecule has 1 unspecified atom stereocenters. The van der Waals surface area contributed by atoms with Gasteiger partial charge in [0.2, 0.25) is 5.91 Å². The molecule has 1 atom stereocenters. The molecular formula is C10H11NO3. The van der Waals surface area contributed by atoms with Gasteiger partial charge < -0.3 is 9.73 Å². The molecule has 0 bridgehead atoms. The predicted octanol–water partition coefficient (Wildman–Crippen LogP) is 0.989. The fourth-order valence-electron chi connectivity index (χ4n) is 1.63. The van der Waals surface area contributed by atoms with E-state index in [1.165, 1.54) is 12.5 Å². The molecule has 2 rings (SSSR count). The Morgan fingerprint density at radius 3 is 3.07 bits per heavy atom. The van der Waals surface area contributed by atoms with Crippen LogP contribution in [0.3, 0.4) is 0 Å². The lowest BCUT2D eigenvalue weighted by Gasteiger charge is -2.19. The van der Waals surface area contributed by atoms with Crippen LogP contribution < -0.4 is 5.32 Å². The summed E-state index contributed by atoms with van der Waals surface area (Å²) in [5.41, 5.74) is 0.479. The van der Waals surface area contributed by atoms with Crippen LogP contribution in [0.1, 0.15) is 23.2 Å². The van der Waals surface area contributed by atoms with Crippen molar-refractivity contribution in [2.24, 2.45) is 5.92 Å². The van der Waals surface area contributed by atoms with E-state index in [-0.39, 0.29) is 11.7 Å². The summed E-state index contributed by atoms with van der Waals surface area (Å²) in [5.74, 6) is -0.834. The van der Waals surface area contributed by atoms with Crippen molar-refractivity contribution in [3.63, 3.8) is 0 Å². The van der Waals surface area contributed by atoms with Crippen LogP contribution in [0.5, 0.6) is 0 Å². The van der Waals surface area contributed by atoms with E-state index >= 15 is 0 Å². The Hall–Kier alpha value is -1.58. The van der Waals surface area contributed by atoms with Gasteiger partial charge in [-0.2, -0.15) is 0 Å². The topological polar surface area (TPSA) is 59.3 Å². The van der Waals surface area contributed by atoms with Crippen molar-refractivity contribution in [1.82, 2.24) is 5.32 Å². The summed E-state index contributed by atoms with van der Waals surface area (Å²) in [6.45, 7) is 0.675. The second-order valence-electron chi connectivity index (χ2n) is 3.36. The van der Waals surface area contributed by atoms with Gasteiger partial charge in [0.05, 0.1) is 11.8 Å². The maximum absolute atomic E-state index is 11.8. The number of ketones is 1. The summed E-state index contributed by atoms with van der Waals surface area (Å²) in [7, 11) is 0. The highest BCUT2D eigenvalue weighted by Gasteiger charge is 2.29. The van der Waals surface area contributed by atoms with Crippen molar-refractivity contribution >= 4 is 11.7 Å². The van der Waals surface area contributed by atoms with E-state index in [2.05, 4.69) is 5.32 Å². The highest BCUT2D eigenvalue weighted by molar-refractivity contribution is 6.10. The molecule has 1 aromatic heterocycles. The van der Waals surface area contributed by atoms with E-state index in [4.69, 9.17) is 4.42 Å². The first kappa shape index (κ1) is 8.99. The van der Waals surface area contributed by atoms with E-state index in [9.17, 15) is 9.59 Å². The zero-order chi connectivity index (χ0) is 9.97. The minimum atomic E-state index is -0.527. The minimum absolute atomic E-state index is 0.143. The first-order chi connectivity index (χ1) is 6.79. The van der Waals surface area contributed by atoms with Gasteiger partial charge >= 0.3 is 0 Å². The molecule has 1 aliphatic rings. The van der Waals surface area contributed by atoms with Gasteiger partial charge in [-0.3, -0.25) is 9.59 Å². The highest BCUT2D eigenvalue weighted by Crippen LogP contribution is 2.17. The van der Waals surface area contributed by atoms with E-state index in [1.54, 1.807) is 6.07 Å². The van der Waals surface area contributed by atoms with Gasteiger partial charge in [-0.15, -0.1) is 0 Å². The van der Waals surface area contributed by atoms with Crippen LogP contribution in [0.25, 0.3) is 0 Å².